The lowest BCUT2D eigenvalue weighted by Gasteiger charge is -2.10. The van der Waals surface area contributed by atoms with Gasteiger partial charge in [0.15, 0.2) is 5.65 Å². The molecule has 2 aromatic heterocycles. The SMILES string of the molecule is O=C(NCC(F)(F)F)Nc1ccc(-c2ccnc3[nH]c(=O)[nH]c23)cc1. The van der Waals surface area contributed by atoms with Gasteiger partial charge in [-0.25, -0.2) is 14.6 Å². The number of aromatic nitrogens is 3. The number of anilines is 1. The number of imidazole rings is 1. The number of carbonyl (C=O) groups is 1. The van der Waals surface area contributed by atoms with Crippen LogP contribution in [0.1, 0.15) is 0 Å². The zero-order valence-electron chi connectivity index (χ0n) is 12.6. The summed E-state index contributed by atoms with van der Waals surface area (Å²) in [5.41, 5.74) is 2.36. The summed E-state index contributed by atoms with van der Waals surface area (Å²) in [6, 6.07) is 7.18. The Morgan fingerprint density at radius 2 is 1.84 bits per heavy atom. The van der Waals surface area contributed by atoms with Crippen LogP contribution < -0.4 is 16.3 Å². The second kappa shape index (κ2) is 6.30. The highest BCUT2D eigenvalue weighted by molar-refractivity contribution is 5.91. The molecular weight excluding hydrogens is 339 g/mol. The third-order valence-corrected chi connectivity index (χ3v) is 3.32. The van der Waals surface area contributed by atoms with Gasteiger partial charge in [-0.05, 0) is 23.8 Å². The van der Waals surface area contributed by atoms with Crippen LogP contribution in [-0.2, 0) is 0 Å². The minimum atomic E-state index is -4.47. The smallest absolute Gasteiger partial charge is 0.329 e. The van der Waals surface area contributed by atoms with Crippen LogP contribution in [0.15, 0.2) is 41.3 Å². The molecule has 0 unspecified atom stereocenters. The molecule has 130 valence electrons. The minimum Gasteiger partial charge on any atom is -0.329 e. The number of halogens is 3. The molecular formula is C15H12F3N5O2. The zero-order valence-corrected chi connectivity index (χ0v) is 12.6. The van der Waals surface area contributed by atoms with Crippen molar-refractivity contribution in [3.63, 3.8) is 0 Å². The molecule has 2 amide bonds. The Morgan fingerprint density at radius 3 is 2.52 bits per heavy atom. The van der Waals surface area contributed by atoms with Crippen LogP contribution in [0.3, 0.4) is 0 Å². The van der Waals surface area contributed by atoms with Crippen molar-refractivity contribution in [1.82, 2.24) is 20.3 Å². The number of carbonyl (C=O) groups excluding carboxylic acids is 1. The Bertz CT molecular complexity index is 960. The fourth-order valence-corrected chi connectivity index (χ4v) is 2.26. The Hall–Kier alpha value is -3.30. The van der Waals surface area contributed by atoms with E-state index in [9.17, 15) is 22.8 Å². The molecule has 0 fully saturated rings. The van der Waals surface area contributed by atoms with E-state index in [1.54, 1.807) is 35.6 Å². The number of rotatable bonds is 3. The van der Waals surface area contributed by atoms with Gasteiger partial charge in [0.05, 0.1) is 5.52 Å². The lowest BCUT2D eigenvalue weighted by Crippen LogP contribution is -2.36. The Kier molecular flexibility index (Phi) is 4.17. The van der Waals surface area contributed by atoms with Crippen LogP contribution in [-0.4, -0.2) is 33.7 Å². The molecule has 0 atom stereocenters. The quantitative estimate of drug-likeness (QED) is 0.583. The van der Waals surface area contributed by atoms with E-state index in [0.29, 0.717) is 16.9 Å². The van der Waals surface area contributed by atoms with Crippen molar-refractivity contribution in [1.29, 1.82) is 0 Å². The molecule has 10 heteroatoms. The van der Waals surface area contributed by atoms with Crippen LogP contribution in [0, 0.1) is 0 Å². The fraction of sp³-hybridized carbons (Fsp3) is 0.133. The van der Waals surface area contributed by atoms with Crippen LogP contribution in [0.25, 0.3) is 22.3 Å². The second-order valence-corrected chi connectivity index (χ2v) is 5.16. The number of urea groups is 1. The standard InChI is InChI=1S/C15H12F3N5O2/c16-15(17,18)7-20-13(24)21-9-3-1-8(2-4-9)10-5-6-19-12-11(10)22-14(25)23-12/h1-6H,7H2,(H2,20,21,24)(H2,19,22,23,25). The minimum absolute atomic E-state index is 0.330. The first-order valence-electron chi connectivity index (χ1n) is 7.11. The summed E-state index contributed by atoms with van der Waals surface area (Å²) in [5.74, 6) is 0. The van der Waals surface area contributed by atoms with E-state index in [1.165, 1.54) is 6.20 Å². The topological polar surface area (TPSA) is 103 Å². The largest absolute Gasteiger partial charge is 0.405 e. The lowest BCUT2D eigenvalue weighted by molar-refractivity contribution is -0.122. The summed E-state index contributed by atoms with van der Waals surface area (Å²) in [6.07, 6.45) is -2.93. The maximum atomic E-state index is 12.0. The van der Waals surface area contributed by atoms with Gasteiger partial charge in [0.1, 0.15) is 6.54 Å². The van der Waals surface area contributed by atoms with Crippen molar-refractivity contribution in [2.75, 3.05) is 11.9 Å². The van der Waals surface area contributed by atoms with Crippen molar-refractivity contribution in [3.8, 4) is 11.1 Å². The molecule has 2 heterocycles. The number of H-pyrrole nitrogens is 2. The van der Waals surface area contributed by atoms with Crippen molar-refractivity contribution in [2.24, 2.45) is 0 Å². The number of fused-ring (bicyclic) bond motifs is 1. The number of benzene rings is 1. The third-order valence-electron chi connectivity index (χ3n) is 3.32. The van der Waals surface area contributed by atoms with E-state index in [-0.39, 0.29) is 5.69 Å². The Morgan fingerprint density at radius 1 is 1.12 bits per heavy atom. The molecule has 0 saturated carbocycles. The summed E-state index contributed by atoms with van der Waals surface area (Å²) in [5, 5.41) is 4.03. The molecule has 0 aliphatic carbocycles. The van der Waals surface area contributed by atoms with Crippen molar-refractivity contribution in [2.45, 2.75) is 6.18 Å². The first-order chi connectivity index (χ1) is 11.8. The second-order valence-electron chi connectivity index (χ2n) is 5.16. The lowest BCUT2D eigenvalue weighted by atomic mass is 10.1. The third kappa shape index (κ3) is 3.97. The summed E-state index contributed by atoms with van der Waals surface area (Å²) in [6.45, 7) is -1.41. The number of aromatic amines is 2. The molecule has 1 aromatic carbocycles. The molecule has 3 rings (SSSR count). The number of hydrogen-bond acceptors (Lipinski definition) is 3. The number of amides is 2. The molecule has 7 nitrogen and oxygen atoms in total. The molecule has 0 aliphatic heterocycles. The van der Waals surface area contributed by atoms with E-state index >= 15 is 0 Å². The van der Waals surface area contributed by atoms with Gasteiger partial charge in [0.25, 0.3) is 0 Å². The van der Waals surface area contributed by atoms with Crippen molar-refractivity contribution < 1.29 is 18.0 Å². The summed E-state index contributed by atoms with van der Waals surface area (Å²) in [7, 11) is 0. The molecule has 0 aliphatic rings. The van der Waals surface area contributed by atoms with E-state index in [4.69, 9.17) is 0 Å². The van der Waals surface area contributed by atoms with E-state index in [0.717, 1.165) is 11.1 Å². The molecule has 25 heavy (non-hydrogen) atoms. The highest BCUT2D eigenvalue weighted by Gasteiger charge is 2.27. The number of hydrogen-bond donors (Lipinski definition) is 4. The van der Waals surface area contributed by atoms with Crippen LogP contribution in [0.2, 0.25) is 0 Å². The molecule has 0 spiro atoms. The number of pyridine rings is 1. The zero-order chi connectivity index (χ0) is 18.0. The first-order valence-corrected chi connectivity index (χ1v) is 7.11. The summed E-state index contributed by atoms with van der Waals surface area (Å²) in [4.78, 5) is 32.0. The van der Waals surface area contributed by atoms with Gasteiger partial charge in [-0.1, -0.05) is 12.1 Å². The maximum Gasteiger partial charge on any atom is 0.405 e. The molecule has 0 radical (unpaired) electrons. The van der Waals surface area contributed by atoms with Gasteiger partial charge in [-0.2, -0.15) is 13.2 Å². The van der Waals surface area contributed by atoms with Gasteiger partial charge in [-0.15, -0.1) is 0 Å². The predicted molar refractivity (Wildman–Crippen MR) is 85.2 cm³/mol. The number of nitrogens with zero attached hydrogens (tertiary/aromatic N) is 1. The van der Waals surface area contributed by atoms with Gasteiger partial charge in [0.2, 0.25) is 0 Å². The van der Waals surface area contributed by atoms with Crippen LogP contribution in [0.5, 0.6) is 0 Å². The van der Waals surface area contributed by atoms with E-state index in [2.05, 4.69) is 20.3 Å². The number of alkyl halides is 3. The number of nitrogens with one attached hydrogen (secondary N) is 4. The van der Waals surface area contributed by atoms with Gasteiger partial charge in [0, 0.05) is 17.4 Å². The Labute approximate surface area is 138 Å². The van der Waals surface area contributed by atoms with Crippen molar-refractivity contribution >= 4 is 22.9 Å². The maximum absolute atomic E-state index is 12.0. The molecule has 3 aromatic rings. The van der Waals surface area contributed by atoms with Crippen LogP contribution in [0.4, 0.5) is 23.7 Å². The molecule has 0 saturated heterocycles. The van der Waals surface area contributed by atoms with Gasteiger partial charge in [-0.3, -0.25) is 4.98 Å². The average Bonchev–Trinajstić information content (AvgIpc) is 2.93. The van der Waals surface area contributed by atoms with Crippen LogP contribution >= 0.6 is 0 Å². The Balaban J connectivity index is 1.76. The molecule has 4 N–H and O–H groups in total. The predicted octanol–water partition coefficient (Wildman–Crippen LogP) is 2.60. The van der Waals surface area contributed by atoms with Gasteiger partial charge >= 0.3 is 17.9 Å². The van der Waals surface area contributed by atoms with E-state index in [1.807, 2.05) is 0 Å². The molecule has 0 bridgehead atoms. The monoisotopic (exact) mass is 351 g/mol. The highest BCUT2D eigenvalue weighted by atomic mass is 19.4. The van der Waals surface area contributed by atoms with Crippen molar-refractivity contribution in [3.05, 3.63) is 47.0 Å². The normalized spacial score (nSPS) is 11.5. The summed E-state index contributed by atoms with van der Waals surface area (Å²) < 4.78 is 36.1. The van der Waals surface area contributed by atoms with E-state index < -0.39 is 18.8 Å². The summed E-state index contributed by atoms with van der Waals surface area (Å²) >= 11 is 0. The fourth-order valence-electron chi connectivity index (χ4n) is 2.26. The van der Waals surface area contributed by atoms with Gasteiger partial charge < -0.3 is 15.6 Å². The highest BCUT2D eigenvalue weighted by Crippen LogP contribution is 2.25. The first kappa shape index (κ1) is 16.6. The average molecular weight is 351 g/mol.